The first-order chi connectivity index (χ1) is 11.7. The third-order valence-corrected chi connectivity index (χ3v) is 9.58. The van der Waals surface area contributed by atoms with E-state index in [1.807, 2.05) is 6.92 Å². The van der Waals surface area contributed by atoms with Gasteiger partial charge in [0.1, 0.15) is 0 Å². The van der Waals surface area contributed by atoms with E-state index >= 15 is 0 Å². The van der Waals surface area contributed by atoms with Crippen LogP contribution in [0.3, 0.4) is 0 Å². The van der Waals surface area contributed by atoms with Crippen LogP contribution in [0.5, 0.6) is 0 Å². The van der Waals surface area contributed by atoms with Gasteiger partial charge in [0.15, 0.2) is 0 Å². The fourth-order valence-electron chi connectivity index (χ4n) is 7.87. The SMILES string of the molecule is C[C@@]1(CO)[C@H](O)CC[C@@]2(C)[C@H]1C[C@H](O)[C@H]1C[C@@H]3C[C@@]12CCC3(O)CO. The van der Waals surface area contributed by atoms with E-state index in [-0.39, 0.29) is 41.8 Å². The summed E-state index contributed by atoms with van der Waals surface area (Å²) in [4.78, 5) is 0. The van der Waals surface area contributed by atoms with Gasteiger partial charge in [-0.15, -0.1) is 0 Å². The number of fused-ring (bicyclic) bond motifs is 2. The summed E-state index contributed by atoms with van der Waals surface area (Å²) in [7, 11) is 0. The topological polar surface area (TPSA) is 101 Å². The molecule has 5 heteroatoms. The lowest BCUT2D eigenvalue weighted by Crippen LogP contribution is -2.65. The van der Waals surface area contributed by atoms with E-state index in [1.54, 1.807) is 0 Å². The van der Waals surface area contributed by atoms with Crippen LogP contribution in [0.4, 0.5) is 0 Å². The maximum atomic E-state index is 11.0. The van der Waals surface area contributed by atoms with Gasteiger partial charge in [-0.25, -0.2) is 0 Å². The van der Waals surface area contributed by atoms with Crippen molar-refractivity contribution < 1.29 is 25.5 Å². The predicted octanol–water partition coefficient (Wildman–Crippen LogP) is 1.06. The molecule has 0 radical (unpaired) electrons. The minimum Gasteiger partial charge on any atom is -0.396 e. The largest absolute Gasteiger partial charge is 0.396 e. The first-order valence-corrected chi connectivity index (χ1v) is 9.97. The molecule has 0 aromatic carbocycles. The quantitative estimate of drug-likeness (QED) is 0.510. The monoisotopic (exact) mass is 354 g/mol. The van der Waals surface area contributed by atoms with Crippen molar-refractivity contribution in [1.29, 1.82) is 0 Å². The van der Waals surface area contributed by atoms with Crippen molar-refractivity contribution in [3.63, 3.8) is 0 Å². The van der Waals surface area contributed by atoms with Crippen LogP contribution in [-0.2, 0) is 0 Å². The Morgan fingerprint density at radius 3 is 2.32 bits per heavy atom. The highest BCUT2D eigenvalue weighted by atomic mass is 16.3. The molecule has 5 N–H and O–H groups in total. The normalized spacial score (nSPS) is 60.8. The van der Waals surface area contributed by atoms with Gasteiger partial charge in [-0.2, -0.15) is 0 Å². The molecule has 4 aliphatic carbocycles. The predicted molar refractivity (Wildman–Crippen MR) is 92.6 cm³/mol. The zero-order chi connectivity index (χ0) is 18.3. The first-order valence-electron chi connectivity index (χ1n) is 9.97. The number of rotatable bonds is 2. The van der Waals surface area contributed by atoms with E-state index in [1.165, 1.54) is 0 Å². The van der Waals surface area contributed by atoms with Crippen molar-refractivity contribution in [2.75, 3.05) is 13.2 Å². The second-order valence-electron chi connectivity index (χ2n) is 10.2. The molecule has 2 bridgehead atoms. The molecule has 4 saturated carbocycles. The highest BCUT2D eigenvalue weighted by Gasteiger charge is 2.72. The summed E-state index contributed by atoms with van der Waals surface area (Å²) in [6.45, 7) is 4.01. The standard InChI is InChI=1S/C20H34O5/c1-17(10-21)15-8-14(23)13-7-12-9-19(13,5-6-20(12,25)11-22)18(15,2)4-3-16(17)24/h12-16,21-25H,3-11H2,1-2H3/t12-,13-,14+,15+,16-,17+,18+,19+,20?/m1/s1. The Hall–Kier alpha value is -0.200. The van der Waals surface area contributed by atoms with Crippen molar-refractivity contribution in [3.05, 3.63) is 0 Å². The van der Waals surface area contributed by atoms with Crippen LogP contribution < -0.4 is 0 Å². The molecule has 5 nitrogen and oxygen atoms in total. The van der Waals surface area contributed by atoms with Crippen molar-refractivity contribution in [2.45, 2.75) is 76.6 Å². The fraction of sp³-hybridized carbons (Fsp3) is 1.00. The minimum absolute atomic E-state index is 0.0358. The molecule has 0 heterocycles. The Morgan fingerprint density at radius 2 is 1.68 bits per heavy atom. The zero-order valence-electron chi connectivity index (χ0n) is 15.5. The van der Waals surface area contributed by atoms with Crippen LogP contribution in [0, 0.1) is 34.0 Å². The molecule has 144 valence electrons. The molecular formula is C20H34O5. The maximum Gasteiger partial charge on any atom is 0.0905 e. The summed E-state index contributed by atoms with van der Waals surface area (Å²) in [6, 6.07) is 0. The van der Waals surface area contributed by atoms with Crippen molar-refractivity contribution in [2.24, 2.45) is 34.0 Å². The van der Waals surface area contributed by atoms with Crippen LogP contribution in [-0.4, -0.2) is 56.6 Å². The zero-order valence-corrected chi connectivity index (χ0v) is 15.5. The fourth-order valence-corrected chi connectivity index (χ4v) is 7.87. The van der Waals surface area contributed by atoms with E-state index in [4.69, 9.17) is 0 Å². The molecule has 4 aliphatic rings. The summed E-state index contributed by atoms with van der Waals surface area (Å²) < 4.78 is 0. The third-order valence-electron chi connectivity index (χ3n) is 9.58. The van der Waals surface area contributed by atoms with Crippen molar-refractivity contribution in [3.8, 4) is 0 Å². The second-order valence-corrected chi connectivity index (χ2v) is 10.2. The molecule has 0 aromatic rings. The molecule has 0 saturated heterocycles. The van der Waals surface area contributed by atoms with E-state index < -0.39 is 23.2 Å². The molecule has 0 aromatic heterocycles. The van der Waals surface area contributed by atoms with Crippen LogP contribution in [0.2, 0.25) is 0 Å². The number of aliphatic hydroxyl groups excluding tert-OH is 4. The van der Waals surface area contributed by atoms with Gasteiger partial charge in [-0.05, 0) is 73.5 Å². The van der Waals surface area contributed by atoms with Gasteiger partial charge in [0.2, 0.25) is 0 Å². The van der Waals surface area contributed by atoms with Gasteiger partial charge in [-0.3, -0.25) is 0 Å². The van der Waals surface area contributed by atoms with Crippen LogP contribution in [0.25, 0.3) is 0 Å². The summed E-state index contributed by atoms with van der Waals surface area (Å²) in [5, 5.41) is 52.4. The molecule has 0 aliphatic heterocycles. The highest BCUT2D eigenvalue weighted by Crippen LogP contribution is 2.75. The summed E-state index contributed by atoms with van der Waals surface area (Å²) in [6.07, 6.45) is 4.22. The smallest absolute Gasteiger partial charge is 0.0905 e. The molecule has 0 amide bonds. The Morgan fingerprint density at radius 1 is 0.960 bits per heavy atom. The first kappa shape index (κ1) is 18.2. The Bertz CT molecular complexity index is 554. The molecule has 25 heavy (non-hydrogen) atoms. The van der Waals surface area contributed by atoms with Gasteiger partial charge in [0.25, 0.3) is 0 Å². The summed E-state index contributed by atoms with van der Waals surface area (Å²) >= 11 is 0. The van der Waals surface area contributed by atoms with Crippen LogP contribution in [0.1, 0.15) is 58.8 Å². The Labute approximate surface area is 150 Å². The molecule has 1 unspecified atom stereocenters. The third kappa shape index (κ3) is 2.02. The highest BCUT2D eigenvalue weighted by molar-refractivity contribution is 5.21. The average Bonchev–Trinajstić information content (AvgIpc) is 2.97. The maximum absolute atomic E-state index is 11.0. The summed E-state index contributed by atoms with van der Waals surface area (Å²) in [5.41, 5.74) is -1.71. The van der Waals surface area contributed by atoms with Crippen LogP contribution >= 0.6 is 0 Å². The average molecular weight is 354 g/mol. The number of aliphatic hydroxyl groups is 5. The van der Waals surface area contributed by atoms with E-state index in [0.717, 1.165) is 25.7 Å². The molecule has 1 spiro atoms. The second kappa shape index (κ2) is 5.41. The lowest BCUT2D eigenvalue weighted by atomic mass is 9.38. The Balaban J connectivity index is 1.79. The number of hydrogen-bond donors (Lipinski definition) is 5. The van der Waals surface area contributed by atoms with E-state index in [0.29, 0.717) is 19.3 Å². The van der Waals surface area contributed by atoms with E-state index in [9.17, 15) is 25.5 Å². The van der Waals surface area contributed by atoms with E-state index in [2.05, 4.69) is 6.92 Å². The summed E-state index contributed by atoms with van der Waals surface area (Å²) in [5.74, 6) is 0.255. The number of hydrogen-bond acceptors (Lipinski definition) is 5. The minimum atomic E-state index is -1.01. The van der Waals surface area contributed by atoms with Gasteiger partial charge >= 0.3 is 0 Å². The van der Waals surface area contributed by atoms with Gasteiger partial charge < -0.3 is 25.5 Å². The lowest BCUT2D eigenvalue weighted by molar-refractivity contribution is -0.237. The van der Waals surface area contributed by atoms with Crippen LogP contribution in [0.15, 0.2) is 0 Å². The lowest BCUT2D eigenvalue weighted by Gasteiger charge is -2.67. The van der Waals surface area contributed by atoms with Gasteiger partial charge in [0, 0.05) is 5.41 Å². The molecule has 9 atom stereocenters. The Kier molecular flexibility index (Phi) is 3.94. The van der Waals surface area contributed by atoms with Gasteiger partial charge in [0.05, 0.1) is 31.0 Å². The van der Waals surface area contributed by atoms with Crippen molar-refractivity contribution >= 4 is 0 Å². The molecule has 4 fully saturated rings. The van der Waals surface area contributed by atoms with Crippen molar-refractivity contribution in [1.82, 2.24) is 0 Å². The molecular weight excluding hydrogens is 320 g/mol. The molecule has 4 rings (SSSR count). The van der Waals surface area contributed by atoms with Gasteiger partial charge in [-0.1, -0.05) is 13.8 Å².